The number of rotatable bonds is 5. The predicted octanol–water partition coefficient (Wildman–Crippen LogP) is 4.57. The van der Waals surface area contributed by atoms with E-state index in [1.807, 2.05) is 68.8 Å². The normalized spacial score (nSPS) is 10.6. The minimum atomic E-state index is -4.57. The summed E-state index contributed by atoms with van der Waals surface area (Å²) in [6.45, 7) is 8.28. The largest absolute Gasteiger partial charge is 0.523 e. The van der Waals surface area contributed by atoms with Crippen molar-refractivity contribution in [2.24, 2.45) is 14.1 Å². The number of nitrogens with zero attached hydrogens (tertiary/aromatic N) is 8. The van der Waals surface area contributed by atoms with Crippen molar-refractivity contribution in [2.45, 2.75) is 33.9 Å². The van der Waals surface area contributed by atoms with E-state index in [4.69, 9.17) is 9.47 Å². The van der Waals surface area contributed by atoms with E-state index < -0.39 is 12.0 Å². The fraction of sp³-hybridized carbons (Fsp3) is 0.265. The molecule has 0 atom stereocenters. The maximum atomic E-state index is 12.1. The van der Waals surface area contributed by atoms with Crippen LogP contribution in [-0.2, 0) is 40.4 Å². The quantitative estimate of drug-likeness (QED) is 0.187. The van der Waals surface area contributed by atoms with Crippen molar-refractivity contribution >= 4 is 0 Å². The maximum Gasteiger partial charge on any atom is 0.429 e. The Morgan fingerprint density at radius 3 is 1.65 bits per heavy atom. The number of benzene rings is 2. The summed E-state index contributed by atoms with van der Waals surface area (Å²) in [7, 11) is 7.30. The van der Waals surface area contributed by atoms with Gasteiger partial charge in [0.1, 0.15) is 5.82 Å². The number of aromatic nitrogens is 8. The van der Waals surface area contributed by atoms with E-state index in [1.165, 1.54) is 23.7 Å². The molecule has 0 saturated carbocycles. The smallest absolute Gasteiger partial charge is 0.429 e. The van der Waals surface area contributed by atoms with Gasteiger partial charge in [-0.15, -0.1) is 24.3 Å². The summed E-state index contributed by atoms with van der Waals surface area (Å²) < 4.78 is 54.7. The third-order valence-corrected chi connectivity index (χ3v) is 7.29. The van der Waals surface area contributed by atoms with E-state index >= 15 is 0 Å². The van der Waals surface area contributed by atoms with Gasteiger partial charge in [-0.3, -0.25) is 10.1 Å². The molecule has 0 amide bonds. The monoisotopic (exact) mass is 836 g/mol. The van der Waals surface area contributed by atoms with Crippen molar-refractivity contribution < 1.29 is 51.9 Å². The summed E-state index contributed by atoms with van der Waals surface area (Å²) in [6, 6.07) is 22.5. The molecule has 0 N–H and O–H groups in total. The number of pyridine rings is 1. The van der Waals surface area contributed by atoms with Crippen molar-refractivity contribution in [3.8, 4) is 34.4 Å². The Kier molecular flexibility index (Phi) is 12.8. The first-order valence-corrected chi connectivity index (χ1v) is 14.3. The molecular weight excluding hydrogens is 802 g/mol. The van der Waals surface area contributed by atoms with Crippen LogP contribution in [0.3, 0.4) is 0 Å². The molecule has 0 aliphatic heterocycles. The number of hydrogen-bond acceptors (Lipinski definition) is 5. The van der Waals surface area contributed by atoms with Gasteiger partial charge in [0.05, 0.1) is 34.0 Å². The average molecular weight is 836 g/mol. The van der Waals surface area contributed by atoms with Crippen molar-refractivity contribution in [2.75, 3.05) is 14.2 Å². The standard InChI is InChI=1S/2C13H15N2O.C8H4F3N4.Ir/c2*1-10-11(2)15(9-14(10)3)12-6-5-7-13(8-12)16-4;9-8(10,11)7-13-6(14-15-7)5-3-1-2-4-12-5;/h2*5,7-8H,1-4H3;1-4H;/q3*-1;. The molecule has 6 aromatic rings. The topological polar surface area (TPSA) is 88.9 Å². The molecule has 4 heterocycles. The molecule has 0 bridgehead atoms. The van der Waals surface area contributed by atoms with E-state index in [0.29, 0.717) is 0 Å². The minimum absolute atomic E-state index is 0. The zero-order valence-corrected chi connectivity index (χ0v) is 30.0. The van der Waals surface area contributed by atoms with Crippen LogP contribution >= 0.6 is 0 Å². The Hall–Kier alpha value is -4.81. The summed E-state index contributed by atoms with van der Waals surface area (Å²) >= 11 is 0. The number of methoxy groups -OCH3 is 2. The summed E-state index contributed by atoms with van der Waals surface area (Å²) in [5.41, 5.74) is 6.85. The summed E-state index contributed by atoms with van der Waals surface area (Å²) in [4.78, 5) is 7.05. The molecule has 2 aromatic carbocycles. The van der Waals surface area contributed by atoms with E-state index in [-0.39, 0.29) is 31.6 Å². The van der Waals surface area contributed by atoms with Crippen molar-refractivity contribution in [1.29, 1.82) is 0 Å². The van der Waals surface area contributed by atoms with Crippen LogP contribution in [0.1, 0.15) is 28.6 Å². The van der Waals surface area contributed by atoms with Gasteiger partial charge < -0.3 is 37.8 Å². The maximum absolute atomic E-state index is 12.1. The molecule has 0 aliphatic rings. The third-order valence-electron chi connectivity index (χ3n) is 7.29. The van der Waals surface area contributed by atoms with Gasteiger partial charge in [0, 0.05) is 60.6 Å². The molecule has 14 heteroatoms. The molecular formula is C34H34F3IrN8O2-3. The number of aryl methyl sites for hydroxylation is 2. The number of ether oxygens (including phenoxy) is 2. The third kappa shape index (κ3) is 8.96. The van der Waals surface area contributed by atoms with E-state index in [9.17, 15) is 13.2 Å². The zero-order chi connectivity index (χ0) is 34.3. The SMILES string of the molecule is COc1cc[c-]c(-n2[c-][n+](C)c(C)c2C)c1.COc1cc[c-]c(-n2[c-][n+](C)c(C)c2C)c1.FC(F)(F)c1n[n-]c(-c2ccccn2)n1.[Ir]. The number of imidazole rings is 2. The Balaban J connectivity index is 0.000000193. The summed E-state index contributed by atoms with van der Waals surface area (Å²) in [5, 5.41) is 6.25. The van der Waals surface area contributed by atoms with Gasteiger partial charge in [0.2, 0.25) is 12.7 Å². The molecule has 10 nitrogen and oxygen atoms in total. The number of hydrogen-bond donors (Lipinski definition) is 0. The van der Waals surface area contributed by atoms with Gasteiger partial charge in [-0.05, 0) is 45.7 Å². The van der Waals surface area contributed by atoms with Gasteiger partial charge >= 0.3 is 6.18 Å². The number of halogens is 3. The van der Waals surface area contributed by atoms with Crippen molar-refractivity contribution in [3.63, 3.8) is 0 Å². The van der Waals surface area contributed by atoms with Gasteiger partial charge in [0.25, 0.3) is 0 Å². The van der Waals surface area contributed by atoms with Crippen LogP contribution in [0.15, 0.2) is 60.8 Å². The van der Waals surface area contributed by atoms with Gasteiger partial charge in [-0.2, -0.15) is 37.4 Å². The Morgan fingerprint density at radius 2 is 1.29 bits per heavy atom. The summed E-state index contributed by atoms with van der Waals surface area (Å²) in [5.74, 6) is 0.289. The first-order valence-electron chi connectivity index (χ1n) is 14.3. The van der Waals surface area contributed by atoms with Crippen LogP contribution in [0, 0.1) is 52.5 Å². The fourth-order valence-electron chi connectivity index (χ4n) is 4.22. The van der Waals surface area contributed by atoms with E-state index in [2.05, 4.69) is 72.6 Å². The van der Waals surface area contributed by atoms with Crippen molar-refractivity contribution in [1.82, 2.24) is 29.3 Å². The molecule has 0 unspecified atom stereocenters. The van der Waals surface area contributed by atoms with Crippen LogP contribution in [0.4, 0.5) is 13.2 Å². The van der Waals surface area contributed by atoms with Gasteiger partial charge in [-0.25, -0.2) is 0 Å². The second-order valence-electron chi connectivity index (χ2n) is 10.2. The predicted molar refractivity (Wildman–Crippen MR) is 165 cm³/mol. The minimum Gasteiger partial charge on any atom is -0.523 e. The second kappa shape index (κ2) is 16.3. The second-order valence-corrected chi connectivity index (χ2v) is 10.2. The van der Waals surface area contributed by atoms with Gasteiger partial charge in [0.15, 0.2) is 0 Å². The molecule has 255 valence electrons. The van der Waals surface area contributed by atoms with Crippen LogP contribution in [0.5, 0.6) is 11.5 Å². The number of alkyl halides is 3. The first kappa shape index (κ1) is 37.6. The van der Waals surface area contributed by atoms with Crippen molar-refractivity contribution in [3.05, 3.63) is 114 Å². The molecule has 6 rings (SSSR count). The van der Waals surface area contributed by atoms with Crippen LogP contribution in [0.25, 0.3) is 22.9 Å². The van der Waals surface area contributed by atoms with Crippen LogP contribution < -0.4 is 23.7 Å². The van der Waals surface area contributed by atoms with Crippen LogP contribution in [0.2, 0.25) is 0 Å². The van der Waals surface area contributed by atoms with Gasteiger partial charge in [-0.1, -0.05) is 17.4 Å². The molecule has 1 radical (unpaired) electrons. The average Bonchev–Trinajstić information content (AvgIpc) is 3.76. The zero-order valence-electron chi connectivity index (χ0n) is 27.6. The Morgan fingerprint density at radius 1 is 0.792 bits per heavy atom. The Bertz CT molecular complexity index is 1840. The van der Waals surface area contributed by atoms with Crippen LogP contribution in [-0.4, -0.2) is 38.4 Å². The molecule has 48 heavy (non-hydrogen) atoms. The van der Waals surface area contributed by atoms with E-state index in [0.717, 1.165) is 34.3 Å². The molecule has 0 fully saturated rings. The summed E-state index contributed by atoms with van der Waals surface area (Å²) in [6.07, 6.45) is 3.33. The molecule has 0 aliphatic carbocycles. The molecule has 0 saturated heterocycles. The Labute approximate surface area is 291 Å². The first-order chi connectivity index (χ1) is 22.3. The van der Waals surface area contributed by atoms with E-state index in [1.54, 1.807) is 26.4 Å². The molecule has 0 spiro atoms. The fourth-order valence-corrected chi connectivity index (χ4v) is 4.22. The molecule has 4 aromatic heterocycles.